The fourth-order valence-electron chi connectivity index (χ4n) is 2.94. The Hall–Kier alpha value is -2.02. The third kappa shape index (κ3) is 3.59. The number of hydrogen-bond acceptors (Lipinski definition) is 5. The largest absolute Gasteiger partial charge is 0.297 e. The number of aryl methyl sites for hydroxylation is 2. The molecule has 1 fully saturated rings. The van der Waals surface area contributed by atoms with Crippen LogP contribution in [0.3, 0.4) is 0 Å². The van der Waals surface area contributed by atoms with Crippen molar-refractivity contribution in [1.29, 1.82) is 0 Å². The summed E-state index contributed by atoms with van der Waals surface area (Å²) in [6.07, 6.45) is 3.99. The highest BCUT2D eigenvalue weighted by Crippen LogP contribution is 2.19. The molecule has 1 aliphatic rings. The maximum Gasteiger partial charge on any atom is 0.266 e. The van der Waals surface area contributed by atoms with Gasteiger partial charge in [0.05, 0.1) is 17.6 Å². The normalized spacial score (nSPS) is 17.0. The smallest absolute Gasteiger partial charge is 0.266 e. The number of aromatic nitrogens is 5. The van der Waals surface area contributed by atoms with E-state index in [1.54, 1.807) is 21.6 Å². The number of nitrogens with zero attached hydrogens (tertiary/aromatic N) is 6. The van der Waals surface area contributed by atoms with Crippen LogP contribution in [0.5, 0.6) is 0 Å². The van der Waals surface area contributed by atoms with Crippen LogP contribution in [0.2, 0.25) is 0 Å². The van der Waals surface area contributed by atoms with Gasteiger partial charge in [0, 0.05) is 26.2 Å². The van der Waals surface area contributed by atoms with Crippen LogP contribution in [0.4, 0.5) is 0 Å². The summed E-state index contributed by atoms with van der Waals surface area (Å²) in [6, 6.07) is 3.37. The lowest BCUT2D eigenvalue weighted by atomic mass is 9.97. The van der Waals surface area contributed by atoms with Gasteiger partial charge in [-0.05, 0) is 44.8 Å². The zero-order chi connectivity index (χ0) is 15.5. The molecule has 2 aromatic heterocycles. The first-order chi connectivity index (χ1) is 10.6. The minimum absolute atomic E-state index is 0.00686. The molecule has 0 spiro atoms. The Morgan fingerprint density at radius 1 is 1.23 bits per heavy atom. The first kappa shape index (κ1) is 14.9. The van der Waals surface area contributed by atoms with E-state index in [1.807, 2.05) is 20.2 Å². The van der Waals surface area contributed by atoms with Crippen LogP contribution >= 0.6 is 0 Å². The van der Waals surface area contributed by atoms with Gasteiger partial charge in [0.25, 0.3) is 5.56 Å². The standard InChI is InChI=1S/C15H22N6O/c1-12-3-4-15(22)21(17-12)10-13-5-7-20(8-6-13)11-14-9-16-19(2)18-14/h3-4,9,13H,5-8,10-11H2,1-2H3. The summed E-state index contributed by atoms with van der Waals surface area (Å²) in [5.74, 6) is 0.519. The van der Waals surface area contributed by atoms with Gasteiger partial charge in [-0.25, -0.2) is 4.68 Å². The summed E-state index contributed by atoms with van der Waals surface area (Å²) in [5.41, 5.74) is 1.89. The van der Waals surface area contributed by atoms with Gasteiger partial charge < -0.3 is 0 Å². The highest BCUT2D eigenvalue weighted by atomic mass is 16.1. The van der Waals surface area contributed by atoms with Crippen LogP contribution < -0.4 is 5.56 Å². The van der Waals surface area contributed by atoms with Crippen molar-refractivity contribution in [3.05, 3.63) is 40.1 Å². The predicted octanol–water partition coefficient (Wildman–Crippen LogP) is 0.592. The quantitative estimate of drug-likeness (QED) is 0.827. The summed E-state index contributed by atoms with van der Waals surface area (Å²) < 4.78 is 1.61. The summed E-state index contributed by atoms with van der Waals surface area (Å²) >= 11 is 0. The minimum Gasteiger partial charge on any atom is -0.297 e. The maximum atomic E-state index is 11.8. The van der Waals surface area contributed by atoms with Crippen molar-refractivity contribution in [2.45, 2.75) is 32.9 Å². The van der Waals surface area contributed by atoms with Crippen molar-refractivity contribution < 1.29 is 0 Å². The summed E-state index contributed by atoms with van der Waals surface area (Å²) in [4.78, 5) is 15.8. The molecule has 0 radical (unpaired) electrons. The molecular formula is C15H22N6O. The molecule has 22 heavy (non-hydrogen) atoms. The van der Waals surface area contributed by atoms with E-state index in [0.29, 0.717) is 5.92 Å². The van der Waals surface area contributed by atoms with E-state index >= 15 is 0 Å². The Morgan fingerprint density at radius 3 is 2.68 bits per heavy atom. The Morgan fingerprint density at radius 2 is 2.00 bits per heavy atom. The van der Waals surface area contributed by atoms with Crippen molar-refractivity contribution in [2.75, 3.05) is 13.1 Å². The molecule has 3 heterocycles. The third-order valence-corrected chi connectivity index (χ3v) is 4.17. The molecule has 0 atom stereocenters. The van der Waals surface area contributed by atoms with Crippen LogP contribution in [-0.2, 0) is 20.1 Å². The van der Waals surface area contributed by atoms with Gasteiger partial charge in [0.15, 0.2) is 0 Å². The minimum atomic E-state index is -0.00686. The zero-order valence-corrected chi connectivity index (χ0v) is 13.1. The Bertz CT molecular complexity index is 683. The molecule has 1 saturated heterocycles. The van der Waals surface area contributed by atoms with Crippen molar-refractivity contribution in [2.24, 2.45) is 13.0 Å². The molecule has 0 N–H and O–H groups in total. The summed E-state index contributed by atoms with van der Waals surface area (Å²) in [7, 11) is 1.84. The maximum absolute atomic E-state index is 11.8. The van der Waals surface area contributed by atoms with Crippen LogP contribution in [0, 0.1) is 12.8 Å². The Kier molecular flexibility index (Phi) is 4.33. The SMILES string of the molecule is Cc1ccc(=O)n(CC2CCN(Cc3cnn(C)n3)CC2)n1. The lowest BCUT2D eigenvalue weighted by Crippen LogP contribution is -2.36. The summed E-state index contributed by atoms with van der Waals surface area (Å²) in [6.45, 7) is 5.55. The fraction of sp³-hybridized carbons (Fsp3) is 0.600. The topological polar surface area (TPSA) is 68.8 Å². The van der Waals surface area contributed by atoms with Gasteiger partial charge in [-0.15, -0.1) is 0 Å². The molecule has 0 unspecified atom stereocenters. The van der Waals surface area contributed by atoms with Crippen molar-refractivity contribution in [3.8, 4) is 0 Å². The molecule has 118 valence electrons. The average molecular weight is 302 g/mol. The predicted molar refractivity (Wildman–Crippen MR) is 82.2 cm³/mol. The van der Waals surface area contributed by atoms with Crippen LogP contribution in [0.15, 0.2) is 23.1 Å². The van der Waals surface area contributed by atoms with Crippen LogP contribution in [-0.4, -0.2) is 42.8 Å². The van der Waals surface area contributed by atoms with Crippen molar-refractivity contribution in [1.82, 2.24) is 29.7 Å². The van der Waals surface area contributed by atoms with Crippen LogP contribution in [0.1, 0.15) is 24.2 Å². The van der Waals surface area contributed by atoms with E-state index in [2.05, 4.69) is 20.2 Å². The third-order valence-electron chi connectivity index (χ3n) is 4.17. The second-order valence-electron chi connectivity index (χ2n) is 6.04. The molecular weight excluding hydrogens is 280 g/mol. The molecule has 7 nitrogen and oxygen atoms in total. The van der Waals surface area contributed by atoms with Gasteiger partial charge >= 0.3 is 0 Å². The molecule has 1 aliphatic heterocycles. The first-order valence-electron chi connectivity index (χ1n) is 7.72. The number of rotatable bonds is 4. The Labute approximate surface area is 129 Å². The van der Waals surface area contributed by atoms with Gasteiger partial charge in [-0.1, -0.05) is 0 Å². The van der Waals surface area contributed by atoms with E-state index in [9.17, 15) is 4.79 Å². The van der Waals surface area contributed by atoms with Gasteiger partial charge in [-0.2, -0.15) is 20.1 Å². The van der Waals surface area contributed by atoms with Crippen molar-refractivity contribution >= 4 is 0 Å². The zero-order valence-electron chi connectivity index (χ0n) is 13.1. The summed E-state index contributed by atoms with van der Waals surface area (Å²) in [5, 5.41) is 12.8. The molecule has 3 rings (SSSR count). The second-order valence-corrected chi connectivity index (χ2v) is 6.04. The monoisotopic (exact) mass is 302 g/mol. The number of likely N-dealkylation sites (tertiary alicyclic amines) is 1. The van der Waals surface area contributed by atoms with Gasteiger partial charge in [0.2, 0.25) is 0 Å². The molecule has 0 bridgehead atoms. The van der Waals surface area contributed by atoms with Gasteiger partial charge in [0.1, 0.15) is 0 Å². The van der Waals surface area contributed by atoms with E-state index in [4.69, 9.17) is 0 Å². The second kappa shape index (κ2) is 6.39. The van der Waals surface area contributed by atoms with E-state index in [1.165, 1.54) is 0 Å². The lowest BCUT2D eigenvalue weighted by molar-refractivity contribution is 0.161. The first-order valence-corrected chi connectivity index (χ1v) is 7.72. The molecule has 0 amide bonds. The Balaban J connectivity index is 1.53. The number of piperidine rings is 1. The molecule has 0 aliphatic carbocycles. The molecule has 7 heteroatoms. The number of hydrogen-bond donors (Lipinski definition) is 0. The highest BCUT2D eigenvalue weighted by Gasteiger charge is 2.21. The molecule has 0 saturated carbocycles. The van der Waals surface area contributed by atoms with Gasteiger partial charge in [-0.3, -0.25) is 9.69 Å². The van der Waals surface area contributed by atoms with Crippen LogP contribution in [0.25, 0.3) is 0 Å². The molecule has 0 aromatic carbocycles. The fourth-order valence-corrected chi connectivity index (χ4v) is 2.94. The van der Waals surface area contributed by atoms with E-state index in [0.717, 1.165) is 50.4 Å². The molecule has 2 aromatic rings. The highest BCUT2D eigenvalue weighted by molar-refractivity contribution is 4.97. The van der Waals surface area contributed by atoms with E-state index in [-0.39, 0.29) is 5.56 Å². The van der Waals surface area contributed by atoms with Crippen molar-refractivity contribution in [3.63, 3.8) is 0 Å². The van der Waals surface area contributed by atoms with E-state index < -0.39 is 0 Å². The lowest BCUT2D eigenvalue weighted by Gasteiger charge is -2.31. The average Bonchev–Trinajstić information content (AvgIpc) is 2.90.